The summed E-state index contributed by atoms with van der Waals surface area (Å²) in [5, 5.41) is 5.72. The Bertz CT molecular complexity index is 814. The monoisotopic (exact) mass is 367 g/mol. The second-order valence-electron chi connectivity index (χ2n) is 6.43. The van der Waals surface area contributed by atoms with Crippen LogP contribution in [-0.2, 0) is 16.0 Å². The van der Waals surface area contributed by atoms with Gasteiger partial charge in [-0.15, -0.1) is 0 Å². The molecule has 1 heterocycles. The Morgan fingerprint density at radius 3 is 2.59 bits per heavy atom. The van der Waals surface area contributed by atoms with Gasteiger partial charge < -0.3 is 20.3 Å². The fourth-order valence-electron chi connectivity index (χ4n) is 3.11. The molecular weight excluding hydrogens is 342 g/mol. The molecule has 0 saturated carbocycles. The Morgan fingerprint density at radius 1 is 1.15 bits per heavy atom. The zero-order chi connectivity index (χ0) is 19.2. The molecule has 0 unspecified atom stereocenters. The van der Waals surface area contributed by atoms with Crippen LogP contribution in [0.3, 0.4) is 0 Å². The van der Waals surface area contributed by atoms with Gasteiger partial charge in [0.15, 0.2) is 6.61 Å². The lowest BCUT2D eigenvalue weighted by atomic mass is 10.1. The molecule has 2 aromatic carbocycles. The SMILES string of the molecule is CCN(CC)c1ccc(NC(=O)CCc2ccc3c(c2)NC(=O)CO3)cc1. The number of anilines is 3. The lowest BCUT2D eigenvalue weighted by Crippen LogP contribution is -2.25. The van der Waals surface area contributed by atoms with Gasteiger partial charge in [0.1, 0.15) is 5.75 Å². The van der Waals surface area contributed by atoms with Crippen molar-refractivity contribution in [2.24, 2.45) is 0 Å². The fourth-order valence-corrected chi connectivity index (χ4v) is 3.11. The lowest BCUT2D eigenvalue weighted by Gasteiger charge is -2.21. The summed E-state index contributed by atoms with van der Waals surface area (Å²) in [5.74, 6) is 0.463. The van der Waals surface area contributed by atoms with E-state index in [0.29, 0.717) is 24.3 Å². The largest absolute Gasteiger partial charge is 0.482 e. The van der Waals surface area contributed by atoms with Crippen molar-refractivity contribution < 1.29 is 14.3 Å². The molecule has 27 heavy (non-hydrogen) atoms. The van der Waals surface area contributed by atoms with Crippen LogP contribution in [0.5, 0.6) is 5.75 Å². The standard InChI is InChI=1S/C21H25N3O3/c1-3-24(4-2)17-9-7-16(8-10-17)22-20(25)12-6-15-5-11-19-18(13-15)23-21(26)14-27-19/h5,7-11,13H,3-4,6,12,14H2,1-2H3,(H,22,25)(H,23,26). The van der Waals surface area contributed by atoms with Crippen molar-refractivity contribution in [3.63, 3.8) is 0 Å². The number of aryl methyl sites for hydroxylation is 1. The minimum absolute atomic E-state index is 0.0383. The number of carbonyl (C=O) groups is 2. The molecule has 0 saturated heterocycles. The number of hydrogen-bond acceptors (Lipinski definition) is 4. The molecule has 0 atom stereocenters. The van der Waals surface area contributed by atoms with Gasteiger partial charge in [0, 0.05) is 30.9 Å². The smallest absolute Gasteiger partial charge is 0.262 e. The van der Waals surface area contributed by atoms with E-state index in [1.807, 2.05) is 42.5 Å². The minimum atomic E-state index is -0.162. The first-order chi connectivity index (χ1) is 13.1. The number of benzene rings is 2. The van der Waals surface area contributed by atoms with Gasteiger partial charge in [-0.1, -0.05) is 6.07 Å². The third kappa shape index (κ3) is 4.78. The molecule has 0 aromatic heterocycles. The number of rotatable bonds is 7. The molecule has 6 heteroatoms. The molecule has 1 aliphatic rings. The van der Waals surface area contributed by atoms with Crippen LogP contribution in [0.4, 0.5) is 17.1 Å². The summed E-state index contributed by atoms with van der Waals surface area (Å²) in [7, 11) is 0. The van der Waals surface area contributed by atoms with Gasteiger partial charge in [0.05, 0.1) is 5.69 Å². The molecule has 0 fully saturated rings. The molecule has 3 rings (SSSR count). The summed E-state index contributed by atoms with van der Waals surface area (Å²) in [5.41, 5.74) is 3.58. The molecule has 1 aliphatic heterocycles. The van der Waals surface area contributed by atoms with Gasteiger partial charge in [-0.2, -0.15) is 0 Å². The van der Waals surface area contributed by atoms with Gasteiger partial charge in [0.2, 0.25) is 5.91 Å². The highest BCUT2D eigenvalue weighted by molar-refractivity contribution is 5.95. The quantitative estimate of drug-likeness (QED) is 0.786. The highest BCUT2D eigenvalue weighted by atomic mass is 16.5. The molecule has 0 radical (unpaired) electrons. The number of amides is 2. The van der Waals surface area contributed by atoms with Gasteiger partial charge in [-0.3, -0.25) is 9.59 Å². The molecular formula is C21H25N3O3. The maximum absolute atomic E-state index is 12.2. The van der Waals surface area contributed by atoms with Gasteiger partial charge >= 0.3 is 0 Å². The lowest BCUT2D eigenvalue weighted by molar-refractivity contribution is -0.118. The number of nitrogens with zero attached hydrogens (tertiary/aromatic N) is 1. The van der Waals surface area contributed by atoms with Crippen LogP contribution < -0.4 is 20.3 Å². The number of ether oxygens (including phenoxy) is 1. The Hall–Kier alpha value is -3.02. The van der Waals surface area contributed by atoms with Crippen LogP contribution in [0.15, 0.2) is 42.5 Å². The third-order valence-corrected chi connectivity index (χ3v) is 4.60. The van der Waals surface area contributed by atoms with Crippen molar-refractivity contribution in [2.45, 2.75) is 26.7 Å². The van der Waals surface area contributed by atoms with Crippen molar-refractivity contribution in [1.29, 1.82) is 0 Å². The summed E-state index contributed by atoms with van der Waals surface area (Å²) in [4.78, 5) is 25.9. The van der Waals surface area contributed by atoms with E-state index in [-0.39, 0.29) is 18.4 Å². The van der Waals surface area contributed by atoms with Crippen LogP contribution in [0.25, 0.3) is 0 Å². The first-order valence-corrected chi connectivity index (χ1v) is 9.29. The van der Waals surface area contributed by atoms with Crippen LogP contribution in [0.1, 0.15) is 25.8 Å². The molecule has 0 bridgehead atoms. The van der Waals surface area contributed by atoms with E-state index in [4.69, 9.17) is 4.74 Å². The normalized spacial score (nSPS) is 12.6. The number of fused-ring (bicyclic) bond motifs is 1. The zero-order valence-electron chi connectivity index (χ0n) is 15.7. The van der Waals surface area contributed by atoms with Crippen molar-refractivity contribution in [1.82, 2.24) is 0 Å². The van der Waals surface area contributed by atoms with Crippen molar-refractivity contribution in [3.05, 3.63) is 48.0 Å². The van der Waals surface area contributed by atoms with Gasteiger partial charge in [-0.05, 0) is 62.2 Å². The predicted octanol–water partition coefficient (Wildman–Crippen LogP) is 3.44. The van der Waals surface area contributed by atoms with E-state index >= 15 is 0 Å². The van der Waals surface area contributed by atoms with Crippen LogP contribution >= 0.6 is 0 Å². The molecule has 0 aliphatic carbocycles. The summed E-state index contributed by atoms with van der Waals surface area (Å²) < 4.78 is 5.34. The molecule has 6 nitrogen and oxygen atoms in total. The Kier molecular flexibility index (Phi) is 5.96. The first kappa shape index (κ1) is 18.8. The van der Waals surface area contributed by atoms with Crippen LogP contribution in [-0.4, -0.2) is 31.5 Å². The Labute approximate surface area is 159 Å². The number of hydrogen-bond donors (Lipinski definition) is 2. The van der Waals surface area contributed by atoms with E-state index in [0.717, 1.165) is 30.0 Å². The maximum atomic E-state index is 12.2. The van der Waals surface area contributed by atoms with Crippen molar-refractivity contribution in [2.75, 3.05) is 35.2 Å². The second-order valence-corrected chi connectivity index (χ2v) is 6.43. The highest BCUT2D eigenvalue weighted by Crippen LogP contribution is 2.28. The predicted molar refractivity (Wildman–Crippen MR) is 108 cm³/mol. The van der Waals surface area contributed by atoms with Crippen LogP contribution in [0.2, 0.25) is 0 Å². The Morgan fingerprint density at radius 2 is 1.89 bits per heavy atom. The average Bonchev–Trinajstić information content (AvgIpc) is 2.68. The summed E-state index contributed by atoms with van der Waals surface area (Å²) in [6.45, 7) is 6.19. The minimum Gasteiger partial charge on any atom is -0.482 e. The average molecular weight is 367 g/mol. The molecule has 142 valence electrons. The molecule has 2 amide bonds. The number of carbonyl (C=O) groups excluding carboxylic acids is 2. The topological polar surface area (TPSA) is 70.7 Å². The highest BCUT2D eigenvalue weighted by Gasteiger charge is 2.16. The fraction of sp³-hybridized carbons (Fsp3) is 0.333. The number of nitrogens with one attached hydrogen (secondary N) is 2. The third-order valence-electron chi connectivity index (χ3n) is 4.60. The Balaban J connectivity index is 1.54. The van der Waals surface area contributed by atoms with E-state index in [1.54, 1.807) is 0 Å². The van der Waals surface area contributed by atoms with E-state index in [2.05, 4.69) is 29.4 Å². The first-order valence-electron chi connectivity index (χ1n) is 9.29. The second kappa shape index (κ2) is 8.58. The summed E-state index contributed by atoms with van der Waals surface area (Å²) in [6.07, 6.45) is 0.956. The zero-order valence-corrected chi connectivity index (χ0v) is 15.7. The van der Waals surface area contributed by atoms with E-state index in [1.165, 1.54) is 0 Å². The maximum Gasteiger partial charge on any atom is 0.262 e. The van der Waals surface area contributed by atoms with Gasteiger partial charge in [0.25, 0.3) is 5.91 Å². The van der Waals surface area contributed by atoms with Crippen molar-refractivity contribution in [3.8, 4) is 5.75 Å². The van der Waals surface area contributed by atoms with Crippen LogP contribution in [0, 0.1) is 0 Å². The van der Waals surface area contributed by atoms with E-state index in [9.17, 15) is 9.59 Å². The molecule has 2 aromatic rings. The van der Waals surface area contributed by atoms with Gasteiger partial charge in [-0.25, -0.2) is 0 Å². The summed E-state index contributed by atoms with van der Waals surface area (Å²) in [6, 6.07) is 13.5. The molecule has 2 N–H and O–H groups in total. The van der Waals surface area contributed by atoms with Crippen molar-refractivity contribution >= 4 is 28.9 Å². The summed E-state index contributed by atoms with van der Waals surface area (Å²) >= 11 is 0. The molecule has 0 spiro atoms. The van der Waals surface area contributed by atoms with E-state index < -0.39 is 0 Å².